The Labute approximate surface area is 189 Å². The van der Waals surface area contributed by atoms with Gasteiger partial charge in [-0.2, -0.15) is 0 Å². The molecule has 0 unspecified atom stereocenters. The van der Waals surface area contributed by atoms with Gasteiger partial charge in [0.25, 0.3) is 0 Å². The van der Waals surface area contributed by atoms with Gasteiger partial charge in [0.05, 0.1) is 5.71 Å². The molecule has 0 saturated carbocycles. The number of benzene rings is 2. The number of para-hydroxylation sites is 1. The van der Waals surface area contributed by atoms with Crippen LogP contribution in [-0.4, -0.2) is 46.2 Å². The number of aliphatic imine (C=N–C) groups is 2. The summed E-state index contributed by atoms with van der Waals surface area (Å²) in [6.45, 7) is 9.71. The number of urea groups is 1. The molecule has 0 atom stereocenters. The van der Waals surface area contributed by atoms with Crippen molar-refractivity contribution >= 4 is 34.2 Å². The lowest BCUT2D eigenvalue weighted by Crippen LogP contribution is -2.46. The SMILES string of the molecule is CCSC1=NC2(CCN(C(=O)Nc3ccccc3C)CC2)N=C1c1ccc(C)c(C)c1. The Bertz CT molecular complexity index is 1050. The van der Waals surface area contributed by atoms with E-state index >= 15 is 0 Å². The summed E-state index contributed by atoms with van der Waals surface area (Å²) in [7, 11) is 0. The third-order valence-electron chi connectivity index (χ3n) is 6.13. The molecule has 4 rings (SSSR count). The Hall–Kier alpha value is -2.60. The summed E-state index contributed by atoms with van der Waals surface area (Å²) in [5, 5.41) is 4.08. The predicted octanol–water partition coefficient (Wildman–Crippen LogP) is 5.59. The molecule has 2 heterocycles. The minimum atomic E-state index is -0.439. The maximum atomic E-state index is 12.8. The van der Waals surface area contributed by atoms with E-state index in [0.717, 1.165) is 46.2 Å². The van der Waals surface area contributed by atoms with E-state index in [1.807, 2.05) is 36.1 Å². The fraction of sp³-hybridized carbons (Fsp3) is 0.400. The highest BCUT2D eigenvalue weighted by atomic mass is 32.2. The van der Waals surface area contributed by atoms with Gasteiger partial charge in [-0.25, -0.2) is 9.79 Å². The molecule has 2 aromatic rings. The first-order valence-corrected chi connectivity index (χ1v) is 11.9. The lowest BCUT2D eigenvalue weighted by Gasteiger charge is -2.35. The van der Waals surface area contributed by atoms with Crippen molar-refractivity contribution in [1.29, 1.82) is 0 Å². The summed E-state index contributed by atoms with van der Waals surface area (Å²) in [6, 6.07) is 14.3. The number of nitrogens with zero attached hydrogens (tertiary/aromatic N) is 3. The first-order chi connectivity index (χ1) is 14.9. The smallest absolute Gasteiger partial charge is 0.321 e. The van der Waals surface area contributed by atoms with E-state index in [-0.39, 0.29) is 6.03 Å². The van der Waals surface area contributed by atoms with Crippen LogP contribution in [0, 0.1) is 20.8 Å². The van der Waals surface area contributed by atoms with Gasteiger partial charge in [0.2, 0.25) is 0 Å². The van der Waals surface area contributed by atoms with E-state index in [1.165, 1.54) is 11.1 Å². The average molecular weight is 435 g/mol. The van der Waals surface area contributed by atoms with Crippen LogP contribution < -0.4 is 5.32 Å². The number of hydrogen-bond acceptors (Lipinski definition) is 4. The summed E-state index contributed by atoms with van der Waals surface area (Å²) in [4.78, 5) is 24.9. The maximum absolute atomic E-state index is 12.8. The first-order valence-electron chi connectivity index (χ1n) is 10.9. The summed E-state index contributed by atoms with van der Waals surface area (Å²) in [6.07, 6.45) is 1.49. The second-order valence-corrected chi connectivity index (χ2v) is 9.58. The van der Waals surface area contributed by atoms with E-state index in [0.29, 0.717) is 13.1 Å². The summed E-state index contributed by atoms with van der Waals surface area (Å²) in [5.74, 6) is 0.962. The number of carbonyl (C=O) groups is 1. The van der Waals surface area contributed by atoms with Gasteiger partial charge in [-0.05, 0) is 55.3 Å². The number of anilines is 1. The van der Waals surface area contributed by atoms with Crippen LogP contribution in [0.1, 0.15) is 42.0 Å². The van der Waals surface area contributed by atoms with Gasteiger partial charge in [-0.15, -0.1) is 11.8 Å². The summed E-state index contributed by atoms with van der Waals surface area (Å²) >= 11 is 1.76. The van der Waals surface area contributed by atoms with Crippen LogP contribution in [-0.2, 0) is 0 Å². The quantitative estimate of drug-likeness (QED) is 0.684. The Balaban J connectivity index is 1.50. The average Bonchev–Trinajstić information content (AvgIpc) is 3.10. The number of thioether (sulfide) groups is 1. The Morgan fingerprint density at radius 1 is 1.03 bits per heavy atom. The molecule has 2 aliphatic heterocycles. The molecular weight excluding hydrogens is 404 g/mol. The van der Waals surface area contributed by atoms with Crippen LogP contribution in [0.5, 0.6) is 0 Å². The van der Waals surface area contributed by atoms with Gasteiger partial charge in [0.1, 0.15) is 5.04 Å². The fourth-order valence-corrected chi connectivity index (χ4v) is 4.84. The van der Waals surface area contributed by atoms with E-state index < -0.39 is 5.66 Å². The van der Waals surface area contributed by atoms with Crippen molar-refractivity contribution < 1.29 is 4.79 Å². The minimum absolute atomic E-state index is 0.0485. The van der Waals surface area contributed by atoms with Crippen LogP contribution in [0.25, 0.3) is 0 Å². The second-order valence-electron chi connectivity index (χ2n) is 8.32. The molecule has 0 aliphatic carbocycles. The fourth-order valence-electron chi connectivity index (χ4n) is 4.04. The molecule has 6 heteroatoms. The Morgan fingerprint density at radius 3 is 2.45 bits per heavy atom. The largest absolute Gasteiger partial charge is 0.324 e. The topological polar surface area (TPSA) is 57.1 Å². The summed E-state index contributed by atoms with van der Waals surface area (Å²) in [5.41, 5.74) is 6.19. The van der Waals surface area contributed by atoms with Crippen molar-refractivity contribution in [3.05, 3.63) is 64.7 Å². The first kappa shape index (κ1) is 21.6. The molecule has 1 N–H and O–H groups in total. The highest BCUT2D eigenvalue weighted by Crippen LogP contribution is 2.36. The molecule has 1 spiro atoms. The van der Waals surface area contributed by atoms with Crippen molar-refractivity contribution in [3.63, 3.8) is 0 Å². The number of carbonyl (C=O) groups excluding carboxylic acids is 1. The molecule has 0 bridgehead atoms. The number of amides is 2. The van der Waals surface area contributed by atoms with Gasteiger partial charge in [0.15, 0.2) is 5.66 Å². The normalized spacial score (nSPS) is 17.5. The predicted molar refractivity (Wildman–Crippen MR) is 132 cm³/mol. The van der Waals surface area contributed by atoms with E-state index in [1.54, 1.807) is 11.8 Å². The van der Waals surface area contributed by atoms with Crippen LogP contribution in [0.2, 0.25) is 0 Å². The third-order valence-corrected chi connectivity index (χ3v) is 6.98. The standard InChI is InChI=1S/C25H30N4OS/c1-5-31-23-22(20-11-10-17(2)19(4)16-20)27-25(28-23)12-14-29(15-13-25)24(30)26-21-9-7-6-8-18(21)3/h6-11,16H,5,12-15H2,1-4H3,(H,26,30). The van der Waals surface area contributed by atoms with Crippen molar-refractivity contribution in [2.24, 2.45) is 9.98 Å². The Morgan fingerprint density at radius 2 is 1.77 bits per heavy atom. The number of piperidine rings is 1. The van der Waals surface area contributed by atoms with Gasteiger partial charge < -0.3 is 10.2 Å². The van der Waals surface area contributed by atoms with E-state index in [4.69, 9.17) is 9.98 Å². The van der Waals surface area contributed by atoms with E-state index in [9.17, 15) is 4.79 Å². The molecule has 0 radical (unpaired) electrons. The molecule has 5 nitrogen and oxygen atoms in total. The highest BCUT2D eigenvalue weighted by molar-refractivity contribution is 8.15. The lowest BCUT2D eigenvalue weighted by molar-refractivity contribution is 0.175. The second kappa shape index (κ2) is 8.87. The van der Waals surface area contributed by atoms with Crippen LogP contribution in [0.15, 0.2) is 52.4 Å². The monoisotopic (exact) mass is 434 g/mol. The van der Waals surface area contributed by atoms with Gasteiger partial charge in [-0.1, -0.05) is 37.3 Å². The van der Waals surface area contributed by atoms with Crippen LogP contribution >= 0.6 is 11.8 Å². The number of hydrogen-bond donors (Lipinski definition) is 1. The number of nitrogens with one attached hydrogen (secondary N) is 1. The van der Waals surface area contributed by atoms with E-state index in [2.05, 4.69) is 44.3 Å². The van der Waals surface area contributed by atoms with Crippen LogP contribution in [0.3, 0.4) is 0 Å². The lowest BCUT2D eigenvalue weighted by atomic mass is 9.98. The van der Waals surface area contributed by atoms with Crippen molar-refractivity contribution in [2.45, 2.75) is 46.2 Å². The highest BCUT2D eigenvalue weighted by Gasteiger charge is 2.40. The number of rotatable bonds is 3. The molecule has 2 aliphatic rings. The zero-order valence-electron chi connectivity index (χ0n) is 18.7. The molecule has 0 aromatic heterocycles. The molecule has 2 aromatic carbocycles. The molecule has 31 heavy (non-hydrogen) atoms. The number of likely N-dealkylation sites (tertiary alicyclic amines) is 1. The number of aryl methyl sites for hydroxylation is 3. The third kappa shape index (κ3) is 4.54. The summed E-state index contributed by atoms with van der Waals surface area (Å²) < 4.78 is 0. The van der Waals surface area contributed by atoms with Crippen molar-refractivity contribution in [2.75, 3.05) is 24.2 Å². The molecule has 162 valence electrons. The minimum Gasteiger partial charge on any atom is -0.324 e. The van der Waals surface area contributed by atoms with Gasteiger partial charge >= 0.3 is 6.03 Å². The Kier molecular flexibility index (Phi) is 6.19. The van der Waals surface area contributed by atoms with Crippen molar-refractivity contribution in [3.8, 4) is 0 Å². The van der Waals surface area contributed by atoms with Crippen molar-refractivity contribution in [1.82, 2.24) is 4.90 Å². The zero-order valence-corrected chi connectivity index (χ0v) is 19.6. The maximum Gasteiger partial charge on any atom is 0.321 e. The van der Waals surface area contributed by atoms with Crippen LogP contribution in [0.4, 0.5) is 10.5 Å². The molecular formula is C25H30N4OS. The molecule has 2 amide bonds. The van der Waals surface area contributed by atoms with Gasteiger partial charge in [-0.3, -0.25) is 4.99 Å². The molecule has 1 saturated heterocycles. The zero-order chi connectivity index (χ0) is 22.0. The molecule has 1 fully saturated rings. The van der Waals surface area contributed by atoms with Gasteiger partial charge in [0, 0.05) is 37.2 Å².